The number of hydrogen-bond acceptors (Lipinski definition) is 6. The summed E-state index contributed by atoms with van der Waals surface area (Å²) in [5.41, 5.74) is 2.87. The number of H-pyrrole nitrogens is 1. The van der Waals surface area contributed by atoms with Crippen LogP contribution in [-0.2, 0) is 0 Å². The van der Waals surface area contributed by atoms with Crippen molar-refractivity contribution < 1.29 is 0 Å². The Morgan fingerprint density at radius 2 is 2.04 bits per heavy atom. The first-order valence-electron chi connectivity index (χ1n) is 6.58. The number of nitrogens with one attached hydrogen (secondary N) is 1. The number of aromatic nitrogens is 3. The number of nitrogens with zero attached hydrogens (tertiary/aromatic N) is 4. The van der Waals surface area contributed by atoms with Gasteiger partial charge in [-0.25, -0.2) is 4.98 Å². The van der Waals surface area contributed by atoms with Gasteiger partial charge < -0.3 is 4.98 Å². The maximum Gasteiger partial charge on any atom is 0.266 e. The van der Waals surface area contributed by atoms with Gasteiger partial charge in [-0.3, -0.25) is 9.78 Å². The first-order chi connectivity index (χ1) is 11.1. The fourth-order valence-electron chi connectivity index (χ4n) is 2.12. The van der Waals surface area contributed by atoms with Crippen molar-refractivity contribution in [1.82, 2.24) is 15.0 Å². The predicted octanol–water partition coefficient (Wildman–Crippen LogP) is 2.61. The first kappa shape index (κ1) is 14.6. The highest BCUT2D eigenvalue weighted by Crippen LogP contribution is 2.29. The molecule has 23 heavy (non-hydrogen) atoms. The van der Waals surface area contributed by atoms with E-state index in [1.807, 2.05) is 17.5 Å². The Balaban J connectivity index is 2.08. The Labute approximate surface area is 135 Å². The number of aromatic amines is 1. The molecule has 0 radical (unpaired) electrons. The van der Waals surface area contributed by atoms with E-state index in [-0.39, 0.29) is 5.56 Å². The number of pyridine rings is 2. The summed E-state index contributed by atoms with van der Waals surface area (Å²) >= 11 is 1.41. The van der Waals surface area contributed by atoms with Crippen LogP contribution >= 0.6 is 11.3 Å². The van der Waals surface area contributed by atoms with Crippen LogP contribution in [0.15, 0.2) is 34.7 Å². The second-order valence-electron chi connectivity index (χ2n) is 4.77. The minimum absolute atomic E-state index is 0.0493. The van der Waals surface area contributed by atoms with Gasteiger partial charge in [0.15, 0.2) is 0 Å². The molecule has 0 atom stereocenters. The van der Waals surface area contributed by atoms with E-state index in [0.717, 1.165) is 5.56 Å². The lowest BCUT2D eigenvalue weighted by Gasteiger charge is -2.02. The van der Waals surface area contributed by atoms with E-state index in [9.17, 15) is 4.79 Å². The second-order valence-corrected chi connectivity index (χ2v) is 5.63. The topological polar surface area (TPSA) is 106 Å². The van der Waals surface area contributed by atoms with Crippen LogP contribution in [0.5, 0.6) is 0 Å². The third kappa shape index (κ3) is 2.73. The van der Waals surface area contributed by atoms with Crippen LogP contribution in [0.4, 0.5) is 0 Å². The SMILES string of the molecule is Cc1[nH]c(=O)c(C#N)cc1-c1csc(-c2cncc(C#N)c2)n1. The maximum absolute atomic E-state index is 11.6. The zero-order valence-corrected chi connectivity index (χ0v) is 12.8. The highest BCUT2D eigenvalue weighted by molar-refractivity contribution is 7.13. The van der Waals surface area contributed by atoms with Crippen LogP contribution in [0.1, 0.15) is 16.8 Å². The highest BCUT2D eigenvalue weighted by atomic mass is 32.1. The van der Waals surface area contributed by atoms with Crippen LogP contribution in [-0.4, -0.2) is 15.0 Å². The van der Waals surface area contributed by atoms with Gasteiger partial charge in [0.05, 0.1) is 11.3 Å². The molecule has 0 spiro atoms. The van der Waals surface area contributed by atoms with Crippen molar-refractivity contribution in [3.8, 4) is 34.0 Å². The Hall–Kier alpha value is -3.29. The molecule has 0 fully saturated rings. The summed E-state index contributed by atoms with van der Waals surface area (Å²) < 4.78 is 0. The number of hydrogen-bond donors (Lipinski definition) is 1. The van der Waals surface area contributed by atoms with Gasteiger partial charge in [0.2, 0.25) is 0 Å². The van der Waals surface area contributed by atoms with E-state index < -0.39 is 5.56 Å². The summed E-state index contributed by atoms with van der Waals surface area (Å²) in [6.45, 7) is 1.76. The number of aryl methyl sites for hydroxylation is 1. The van der Waals surface area contributed by atoms with Crippen molar-refractivity contribution in [3.05, 3.63) is 57.1 Å². The van der Waals surface area contributed by atoms with Crippen LogP contribution in [0, 0.1) is 29.6 Å². The Bertz CT molecular complexity index is 1040. The Kier molecular flexibility index (Phi) is 3.71. The third-order valence-electron chi connectivity index (χ3n) is 3.25. The number of thiazole rings is 1. The summed E-state index contributed by atoms with van der Waals surface area (Å²) in [5, 5.41) is 20.5. The summed E-state index contributed by atoms with van der Waals surface area (Å²) in [7, 11) is 0. The fraction of sp³-hybridized carbons (Fsp3) is 0.0625. The van der Waals surface area contributed by atoms with Crippen molar-refractivity contribution in [1.29, 1.82) is 10.5 Å². The lowest BCUT2D eigenvalue weighted by molar-refractivity contribution is 1.13. The zero-order valence-electron chi connectivity index (χ0n) is 12.0. The summed E-state index contributed by atoms with van der Waals surface area (Å²) in [6, 6.07) is 7.17. The molecule has 7 heteroatoms. The molecule has 0 bridgehead atoms. The summed E-state index contributed by atoms with van der Waals surface area (Å²) in [6.07, 6.45) is 3.13. The minimum atomic E-state index is -0.407. The van der Waals surface area contributed by atoms with Crippen molar-refractivity contribution in [2.75, 3.05) is 0 Å². The molecule has 3 heterocycles. The van der Waals surface area contributed by atoms with Gasteiger partial charge in [-0.05, 0) is 19.1 Å². The average molecular weight is 319 g/mol. The molecule has 0 unspecified atom stereocenters. The van der Waals surface area contributed by atoms with E-state index >= 15 is 0 Å². The van der Waals surface area contributed by atoms with Crippen LogP contribution in [0.25, 0.3) is 21.8 Å². The molecule has 0 aliphatic carbocycles. The Morgan fingerprint density at radius 3 is 2.78 bits per heavy atom. The lowest BCUT2D eigenvalue weighted by atomic mass is 10.1. The van der Waals surface area contributed by atoms with Gasteiger partial charge in [-0.1, -0.05) is 0 Å². The van der Waals surface area contributed by atoms with Crippen LogP contribution in [0.3, 0.4) is 0 Å². The molecule has 3 aromatic heterocycles. The second kappa shape index (κ2) is 5.84. The van der Waals surface area contributed by atoms with Crippen molar-refractivity contribution in [2.45, 2.75) is 6.92 Å². The Morgan fingerprint density at radius 1 is 1.22 bits per heavy atom. The smallest absolute Gasteiger partial charge is 0.266 e. The molecular formula is C16H9N5OS. The van der Waals surface area contributed by atoms with Gasteiger partial charge >= 0.3 is 0 Å². The quantitative estimate of drug-likeness (QED) is 0.781. The molecule has 3 aromatic rings. The predicted molar refractivity (Wildman–Crippen MR) is 85.6 cm³/mol. The molecule has 0 aromatic carbocycles. The van der Waals surface area contributed by atoms with Gasteiger partial charge in [0.1, 0.15) is 22.7 Å². The van der Waals surface area contributed by atoms with Crippen LogP contribution < -0.4 is 5.56 Å². The van der Waals surface area contributed by atoms with Crippen molar-refractivity contribution >= 4 is 11.3 Å². The van der Waals surface area contributed by atoms with Gasteiger partial charge in [-0.2, -0.15) is 10.5 Å². The summed E-state index contributed by atoms with van der Waals surface area (Å²) in [4.78, 5) is 22.8. The van der Waals surface area contributed by atoms with E-state index in [1.54, 1.807) is 19.2 Å². The average Bonchev–Trinajstić information content (AvgIpc) is 3.05. The van der Waals surface area contributed by atoms with E-state index in [1.165, 1.54) is 23.6 Å². The molecule has 0 aliphatic heterocycles. The number of rotatable bonds is 2. The molecule has 0 aliphatic rings. The van der Waals surface area contributed by atoms with Crippen molar-refractivity contribution in [3.63, 3.8) is 0 Å². The fourth-order valence-corrected chi connectivity index (χ4v) is 2.92. The molecule has 0 saturated heterocycles. The normalized spacial score (nSPS) is 10.0. The van der Waals surface area contributed by atoms with E-state index in [4.69, 9.17) is 10.5 Å². The largest absolute Gasteiger partial charge is 0.325 e. The van der Waals surface area contributed by atoms with Gasteiger partial charge in [0.25, 0.3) is 5.56 Å². The molecule has 3 rings (SSSR count). The number of nitriles is 2. The van der Waals surface area contributed by atoms with E-state index in [0.29, 0.717) is 27.5 Å². The molecule has 0 amide bonds. The summed E-state index contributed by atoms with van der Waals surface area (Å²) in [5.74, 6) is 0. The van der Waals surface area contributed by atoms with Crippen molar-refractivity contribution in [2.24, 2.45) is 0 Å². The molecule has 1 N–H and O–H groups in total. The molecular weight excluding hydrogens is 310 g/mol. The van der Waals surface area contributed by atoms with Crippen LogP contribution in [0.2, 0.25) is 0 Å². The highest BCUT2D eigenvalue weighted by Gasteiger charge is 2.12. The monoisotopic (exact) mass is 319 g/mol. The standard InChI is InChI=1S/C16H9N5OS/c1-9-13(3-11(5-18)15(22)20-9)14-8-23-16(21-14)12-2-10(4-17)6-19-7-12/h2-3,6-8H,1H3,(H,20,22). The first-order valence-corrected chi connectivity index (χ1v) is 7.46. The lowest BCUT2D eigenvalue weighted by Crippen LogP contribution is -2.11. The maximum atomic E-state index is 11.6. The molecule has 0 saturated carbocycles. The molecule has 6 nitrogen and oxygen atoms in total. The minimum Gasteiger partial charge on any atom is -0.325 e. The van der Waals surface area contributed by atoms with E-state index in [2.05, 4.69) is 15.0 Å². The third-order valence-corrected chi connectivity index (χ3v) is 4.14. The zero-order chi connectivity index (χ0) is 16.4. The van der Waals surface area contributed by atoms with Gasteiger partial charge in [-0.15, -0.1) is 11.3 Å². The molecule has 110 valence electrons. The van der Waals surface area contributed by atoms with Gasteiger partial charge in [0, 0.05) is 34.6 Å².